The average molecular weight is 459 g/mol. The minimum Gasteiger partial charge on any atom is -0.489 e. The number of nitrogens with zero attached hydrogens (tertiary/aromatic N) is 1. The molecule has 0 radical (unpaired) electrons. The van der Waals surface area contributed by atoms with Crippen molar-refractivity contribution in [2.75, 3.05) is 0 Å². The van der Waals surface area contributed by atoms with Crippen LogP contribution in [0.5, 0.6) is 5.75 Å². The summed E-state index contributed by atoms with van der Waals surface area (Å²) in [6, 6.07) is 20.0. The lowest BCUT2D eigenvalue weighted by atomic mass is 9.79. The summed E-state index contributed by atoms with van der Waals surface area (Å²) >= 11 is 0. The van der Waals surface area contributed by atoms with Crippen molar-refractivity contribution in [1.29, 1.82) is 5.26 Å². The fourth-order valence-corrected chi connectivity index (χ4v) is 4.03. The van der Waals surface area contributed by atoms with Crippen molar-refractivity contribution in [3.8, 4) is 11.8 Å². The number of benzene rings is 2. The molecule has 0 aromatic heterocycles. The maximum absolute atomic E-state index is 13.2. The lowest BCUT2D eigenvalue weighted by molar-refractivity contribution is -0.150. The van der Waals surface area contributed by atoms with Crippen molar-refractivity contribution >= 4 is 5.97 Å². The van der Waals surface area contributed by atoms with Gasteiger partial charge >= 0.3 is 5.97 Å². The molecule has 1 unspecified atom stereocenters. The minimum atomic E-state index is -0.640. The van der Waals surface area contributed by atoms with E-state index in [-0.39, 0.29) is 0 Å². The maximum Gasteiger partial charge on any atom is 0.337 e. The van der Waals surface area contributed by atoms with Crippen LogP contribution in [0.1, 0.15) is 65.0 Å². The molecule has 1 aliphatic heterocycles. The summed E-state index contributed by atoms with van der Waals surface area (Å²) in [4.78, 5) is 13.2. The molecule has 0 saturated carbocycles. The van der Waals surface area contributed by atoms with E-state index in [1.807, 2.05) is 82.3 Å². The van der Waals surface area contributed by atoms with Gasteiger partial charge in [-0.15, -0.1) is 0 Å². The Morgan fingerprint density at radius 2 is 1.74 bits per heavy atom. The molecule has 5 heteroatoms. The molecule has 0 bridgehead atoms. The molecule has 1 N–H and O–H groups in total. The Bertz CT molecular complexity index is 1110. The molecule has 0 fully saturated rings. The zero-order valence-electron chi connectivity index (χ0n) is 20.9. The Kier molecular flexibility index (Phi) is 7.83. The summed E-state index contributed by atoms with van der Waals surface area (Å²) in [7, 11) is 0. The van der Waals surface area contributed by atoms with Crippen molar-refractivity contribution in [2.24, 2.45) is 5.92 Å². The van der Waals surface area contributed by atoms with Crippen molar-refractivity contribution in [3.63, 3.8) is 0 Å². The largest absolute Gasteiger partial charge is 0.489 e. The van der Waals surface area contributed by atoms with Crippen LogP contribution in [0.15, 0.2) is 77.1 Å². The SMILES string of the molecule is CC1=C(C(=O)OC(C)(C)C)C(c2ccc(OCc3ccccc3)cc2)C(C#N)=C(CC(C)C)N1. The topological polar surface area (TPSA) is 71.3 Å². The lowest BCUT2D eigenvalue weighted by Crippen LogP contribution is -2.33. The van der Waals surface area contributed by atoms with Gasteiger partial charge in [-0.3, -0.25) is 0 Å². The van der Waals surface area contributed by atoms with Crippen LogP contribution in [0, 0.1) is 17.2 Å². The number of nitriles is 1. The third-order valence-corrected chi connectivity index (χ3v) is 5.46. The molecule has 5 nitrogen and oxygen atoms in total. The highest BCUT2D eigenvalue weighted by Crippen LogP contribution is 2.40. The highest BCUT2D eigenvalue weighted by Gasteiger charge is 2.36. The molecular formula is C29H34N2O3. The number of nitrogens with one attached hydrogen (secondary N) is 1. The third-order valence-electron chi connectivity index (χ3n) is 5.46. The van der Waals surface area contributed by atoms with Gasteiger partial charge in [0.2, 0.25) is 0 Å². The number of allylic oxidation sites excluding steroid dienone is 3. The first-order valence-electron chi connectivity index (χ1n) is 11.7. The first-order chi connectivity index (χ1) is 16.1. The van der Waals surface area contributed by atoms with Gasteiger partial charge < -0.3 is 14.8 Å². The predicted octanol–water partition coefficient (Wildman–Crippen LogP) is 6.39. The van der Waals surface area contributed by atoms with Crippen molar-refractivity contribution < 1.29 is 14.3 Å². The van der Waals surface area contributed by atoms with E-state index >= 15 is 0 Å². The summed E-state index contributed by atoms with van der Waals surface area (Å²) in [5, 5.41) is 13.5. The summed E-state index contributed by atoms with van der Waals surface area (Å²) in [5.74, 6) is 0.170. The number of carbonyl (C=O) groups excluding carboxylic acids is 1. The third kappa shape index (κ3) is 6.29. The molecule has 2 aromatic rings. The summed E-state index contributed by atoms with van der Waals surface area (Å²) < 4.78 is 11.7. The van der Waals surface area contributed by atoms with Gasteiger partial charge in [-0.1, -0.05) is 56.3 Å². The molecule has 34 heavy (non-hydrogen) atoms. The van der Waals surface area contributed by atoms with Crippen LogP contribution in [0.3, 0.4) is 0 Å². The van der Waals surface area contributed by atoms with Crippen molar-refractivity contribution in [1.82, 2.24) is 5.32 Å². The average Bonchev–Trinajstić information content (AvgIpc) is 2.76. The molecule has 1 atom stereocenters. The molecule has 0 saturated heterocycles. The molecule has 1 heterocycles. The highest BCUT2D eigenvalue weighted by atomic mass is 16.6. The monoisotopic (exact) mass is 458 g/mol. The maximum atomic E-state index is 13.2. The zero-order valence-corrected chi connectivity index (χ0v) is 20.9. The van der Waals surface area contributed by atoms with E-state index in [1.165, 1.54) is 0 Å². The number of hydrogen-bond acceptors (Lipinski definition) is 5. The Hall–Kier alpha value is -3.52. The van der Waals surface area contributed by atoms with Gasteiger partial charge in [0.1, 0.15) is 18.0 Å². The van der Waals surface area contributed by atoms with Crippen molar-refractivity contribution in [2.45, 2.75) is 66.1 Å². The predicted molar refractivity (Wildman–Crippen MR) is 134 cm³/mol. The van der Waals surface area contributed by atoms with E-state index < -0.39 is 17.5 Å². The first-order valence-corrected chi connectivity index (χ1v) is 11.7. The van der Waals surface area contributed by atoms with Crippen LogP contribution in [-0.2, 0) is 16.1 Å². The fraction of sp³-hybridized carbons (Fsp3) is 0.379. The van der Waals surface area contributed by atoms with Gasteiger partial charge in [-0.2, -0.15) is 5.26 Å². The number of esters is 1. The van der Waals surface area contributed by atoms with Crippen LogP contribution < -0.4 is 10.1 Å². The second-order valence-corrected chi connectivity index (χ2v) is 10.0. The first kappa shape index (κ1) is 25.1. The van der Waals surface area contributed by atoms with Crippen molar-refractivity contribution in [3.05, 3.63) is 88.3 Å². The molecule has 3 rings (SSSR count). The van der Waals surface area contributed by atoms with Gasteiger partial charge in [-0.05, 0) is 63.3 Å². The molecular weight excluding hydrogens is 424 g/mol. The Morgan fingerprint density at radius 3 is 2.29 bits per heavy atom. The lowest BCUT2D eigenvalue weighted by Gasteiger charge is -2.32. The Balaban J connectivity index is 1.96. The summed E-state index contributed by atoms with van der Waals surface area (Å²) in [6.45, 7) is 12.1. The normalized spacial score (nSPS) is 16.2. The van der Waals surface area contributed by atoms with E-state index in [0.29, 0.717) is 23.7 Å². The minimum absolute atomic E-state index is 0.358. The van der Waals surface area contributed by atoms with Crippen LogP contribution in [-0.4, -0.2) is 11.6 Å². The van der Waals surface area contributed by atoms with Crippen LogP contribution in [0.4, 0.5) is 0 Å². The highest BCUT2D eigenvalue weighted by molar-refractivity contribution is 5.93. The summed E-state index contributed by atoms with van der Waals surface area (Å²) in [5.41, 5.74) is 3.90. The van der Waals surface area contributed by atoms with Crippen LogP contribution >= 0.6 is 0 Å². The number of dihydropyridines is 1. The number of hydrogen-bond donors (Lipinski definition) is 1. The molecule has 1 aliphatic rings. The van der Waals surface area contributed by atoms with Gasteiger partial charge in [0.15, 0.2) is 0 Å². The zero-order chi connectivity index (χ0) is 24.9. The molecule has 178 valence electrons. The standard InChI is InChI=1S/C29H34N2O3/c1-19(2)16-25-24(17-30)27(26(20(3)31-25)28(32)34-29(4,5)6)22-12-14-23(15-13-22)33-18-21-10-8-7-9-11-21/h7-15,19,27,31H,16,18H2,1-6H3. The Morgan fingerprint density at radius 1 is 1.09 bits per heavy atom. The second-order valence-electron chi connectivity index (χ2n) is 10.0. The number of ether oxygens (including phenoxy) is 2. The molecule has 0 spiro atoms. The van der Waals surface area contributed by atoms with Gasteiger partial charge in [0.05, 0.1) is 23.1 Å². The smallest absolute Gasteiger partial charge is 0.337 e. The Labute approximate surface area is 203 Å². The van der Waals surface area contributed by atoms with E-state index in [4.69, 9.17) is 9.47 Å². The van der Waals surface area contributed by atoms with Crippen LogP contribution in [0.25, 0.3) is 0 Å². The van der Waals surface area contributed by atoms with E-state index in [1.54, 1.807) is 0 Å². The molecule has 2 aromatic carbocycles. The van der Waals surface area contributed by atoms with E-state index in [9.17, 15) is 10.1 Å². The van der Waals surface area contributed by atoms with Gasteiger partial charge in [-0.25, -0.2) is 4.79 Å². The quantitative estimate of drug-likeness (QED) is 0.487. The van der Waals surface area contributed by atoms with E-state index in [0.717, 1.165) is 34.7 Å². The number of carbonyl (C=O) groups is 1. The van der Waals surface area contributed by atoms with Gasteiger partial charge in [0.25, 0.3) is 0 Å². The van der Waals surface area contributed by atoms with E-state index in [2.05, 4.69) is 25.2 Å². The fourth-order valence-electron chi connectivity index (χ4n) is 4.03. The van der Waals surface area contributed by atoms with Crippen LogP contribution in [0.2, 0.25) is 0 Å². The summed E-state index contributed by atoms with van der Waals surface area (Å²) in [6.07, 6.45) is 0.719. The molecule has 0 aliphatic carbocycles. The second kappa shape index (κ2) is 10.6. The molecule has 0 amide bonds. The number of rotatable bonds is 7. The van der Waals surface area contributed by atoms with Gasteiger partial charge in [0, 0.05) is 11.4 Å².